The minimum absolute atomic E-state index is 0.182. The van der Waals surface area contributed by atoms with Gasteiger partial charge in [-0.2, -0.15) is 4.98 Å². The predicted octanol–water partition coefficient (Wildman–Crippen LogP) is 8.51. The molecule has 0 aromatic carbocycles. The maximum atomic E-state index is 10.1. The topological polar surface area (TPSA) is 86.7 Å². The molecular formula is C27H50ClN5OS. The van der Waals surface area contributed by atoms with Gasteiger partial charge in [-0.25, -0.2) is 9.97 Å². The van der Waals surface area contributed by atoms with Crippen molar-refractivity contribution in [3.8, 4) is 0 Å². The Kier molecular flexibility index (Phi) is 20.0. The number of primary amides is 1. The summed E-state index contributed by atoms with van der Waals surface area (Å²) in [6.45, 7) is 15.7. The highest BCUT2D eigenvalue weighted by molar-refractivity contribution is 8.00. The van der Waals surface area contributed by atoms with E-state index in [-0.39, 0.29) is 11.2 Å². The van der Waals surface area contributed by atoms with Crippen molar-refractivity contribution in [3.05, 3.63) is 11.1 Å². The summed E-state index contributed by atoms with van der Waals surface area (Å²) >= 11 is 7.81. The number of nitrogens with zero attached hydrogens (tertiary/aromatic N) is 4. The van der Waals surface area contributed by atoms with Crippen LogP contribution in [0.1, 0.15) is 124 Å². The maximum Gasteiger partial charge on any atom is 0.225 e. The predicted molar refractivity (Wildman–Crippen MR) is 153 cm³/mol. The first kappa shape index (κ1) is 33.7. The van der Waals surface area contributed by atoms with Gasteiger partial charge < -0.3 is 10.3 Å². The molecule has 0 aliphatic heterocycles. The maximum absolute atomic E-state index is 10.1. The molecule has 0 saturated heterocycles. The van der Waals surface area contributed by atoms with Crippen LogP contribution >= 0.6 is 23.4 Å². The normalized spacial score (nSPS) is 10.7. The third-order valence-corrected chi connectivity index (χ3v) is 6.49. The number of carbonyl (C=O) groups excluding carboxylic acids is 1. The first-order chi connectivity index (χ1) is 16.8. The molecule has 2 N–H and O–H groups in total. The lowest BCUT2D eigenvalue weighted by molar-refractivity contribution is -0.118. The molecule has 202 valence electrons. The molecule has 2 aromatic rings. The molecule has 0 aliphatic rings. The molecule has 0 aliphatic carbocycles. The van der Waals surface area contributed by atoms with Crippen molar-refractivity contribution in [2.75, 3.05) is 0 Å². The summed E-state index contributed by atoms with van der Waals surface area (Å²) in [7, 11) is 0. The number of hydrogen-bond acceptors (Lipinski definition) is 5. The van der Waals surface area contributed by atoms with Crippen LogP contribution < -0.4 is 5.73 Å². The smallest absolute Gasteiger partial charge is 0.225 e. The van der Waals surface area contributed by atoms with Crippen LogP contribution in [0, 0.1) is 6.92 Å². The van der Waals surface area contributed by atoms with Crippen molar-refractivity contribution in [1.29, 1.82) is 0 Å². The van der Waals surface area contributed by atoms with Crippen molar-refractivity contribution in [2.45, 2.75) is 142 Å². The summed E-state index contributed by atoms with van der Waals surface area (Å²) < 4.78 is 2.27. The molecule has 0 fully saturated rings. The number of aryl methyl sites for hydroxylation is 2. The second-order valence-electron chi connectivity index (χ2n) is 8.85. The van der Waals surface area contributed by atoms with Gasteiger partial charge in [-0.05, 0) is 31.4 Å². The van der Waals surface area contributed by atoms with Crippen LogP contribution in [-0.2, 0) is 11.3 Å². The van der Waals surface area contributed by atoms with Crippen LogP contribution in [0.4, 0.5) is 0 Å². The molecule has 1 amide bonds. The Balaban J connectivity index is 0.000000982. The third-order valence-electron chi connectivity index (χ3n) is 5.34. The van der Waals surface area contributed by atoms with Crippen LogP contribution in [0.2, 0.25) is 5.28 Å². The lowest BCUT2D eigenvalue weighted by Gasteiger charge is -2.11. The fraction of sp³-hybridized carbons (Fsp3) is 0.778. The molecule has 35 heavy (non-hydrogen) atoms. The van der Waals surface area contributed by atoms with Gasteiger partial charge in [0.25, 0.3) is 0 Å². The monoisotopic (exact) mass is 527 g/mol. The van der Waals surface area contributed by atoms with Gasteiger partial charge in [-0.3, -0.25) is 4.79 Å². The molecule has 0 saturated carbocycles. The number of hydrogen-bond donors (Lipinski definition) is 1. The van der Waals surface area contributed by atoms with E-state index in [9.17, 15) is 4.79 Å². The zero-order chi connectivity index (χ0) is 26.6. The first-order valence-corrected chi connectivity index (χ1v) is 14.9. The van der Waals surface area contributed by atoms with Crippen molar-refractivity contribution >= 4 is 40.4 Å². The Morgan fingerprint density at radius 2 is 1.46 bits per heavy atom. The van der Waals surface area contributed by atoms with Crippen LogP contribution in [-0.4, -0.2) is 30.7 Å². The van der Waals surface area contributed by atoms with Gasteiger partial charge in [-0.15, -0.1) is 11.8 Å². The van der Waals surface area contributed by atoms with Crippen LogP contribution in [0.15, 0.2) is 5.03 Å². The molecule has 0 unspecified atom stereocenters. The second kappa shape index (κ2) is 20.8. The molecule has 0 atom stereocenters. The van der Waals surface area contributed by atoms with Gasteiger partial charge in [0.05, 0.1) is 0 Å². The summed E-state index contributed by atoms with van der Waals surface area (Å²) in [5, 5.41) is 1.68. The van der Waals surface area contributed by atoms with Gasteiger partial charge >= 0.3 is 0 Å². The van der Waals surface area contributed by atoms with Gasteiger partial charge in [0, 0.05) is 18.2 Å². The Morgan fingerprint density at radius 3 is 2.00 bits per heavy atom. The molecule has 8 heteroatoms. The summed E-state index contributed by atoms with van der Waals surface area (Å²) in [4.78, 5) is 23.5. The molecular weight excluding hydrogens is 478 g/mol. The number of unbranched alkanes of at least 4 members (excludes halogenated alkanes) is 9. The Bertz CT molecular complexity index is 825. The van der Waals surface area contributed by atoms with E-state index in [1.807, 2.05) is 20.8 Å². The Morgan fingerprint density at radius 1 is 0.914 bits per heavy atom. The number of nitrogens with two attached hydrogens (primary N) is 1. The molecule has 2 aromatic heterocycles. The molecule has 0 radical (unpaired) electrons. The SMILES string of the molecule is CC.CCCCCC(N)=O.CCCCCCCCCCn1c(C)nc2nc(Cl)nc(SC(C)C)c21. The van der Waals surface area contributed by atoms with Gasteiger partial charge in [0.2, 0.25) is 11.2 Å². The lowest BCUT2D eigenvalue weighted by atomic mass is 10.1. The lowest BCUT2D eigenvalue weighted by Crippen LogP contribution is -2.09. The number of fused-ring (bicyclic) bond motifs is 1. The highest BCUT2D eigenvalue weighted by atomic mass is 35.5. The molecule has 0 bridgehead atoms. The molecule has 2 rings (SSSR count). The van der Waals surface area contributed by atoms with Crippen LogP contribution in [0.3, 0.4) is 0 Å². The number of aromatic nitrogens is 4. The fourth-order valence-electron chi connectivity index (χ4n) is 3.62. The van der Waals surface area contributed by atoms with Gasteiger partial charge in [0.15, 0.2) is 5.65 Å². The Hall–Kier alpha value is -1.34. The van der Waals surface area contributed by atoms with Crippen LogP contribution in [0.5, 0.6) is 0 Å². The highest BCUT2D eigenvalue weighted by Gasteiger charge is 2.17. The van der Waals surface area contributed by atoms with E-state index in [4.69, 9.17) is 17.3 Å². The van der Waals surface area contributed by atoms with E-state index in [1.165, 1.54) is 51.4 Å². The Labute approximate surface area is 223 Å². The van der Waals surface area contributed by atoms with Gasteiger partial charge in [-0.1, -0.05) is 99.3 Å². The zero-order valence-corrected chi connectivity index (χ0v) is 24.9. The summed E-state index contributed by atoms with van der Waals surface area (Å²) in [6.07, 6.45) is 14.3. The molecule has 6 nitrogen and oxygen atoms in total. The minimum Gasteiger partial charge on any atom is -0.370 e. The van der Waals surface area contributed by atoms with E-state index in [0.29, 0.717) is 11.7 Å². The minimum atomic E-state index is -0.182. The first-order valence-electron chi connectivity index (χ1n) is 13.6. The summed E-state index contributed by atoms with van der Waals surface area (Å²) in [5.74, 6) is 0.818. The highest BCUT2D eigenvalue weighted by Crippen LogP contribution is 2.30. The van der Waals surface area contributed by atoms with E-state index >= 15 is 0 Å². The summed E-state index contributed by atoms with van der Waals surface area (Å²) in [6, 6.07) is 0. The number of rotatable bonds is 15. The standard InChI is InChI=1S/C19H31ClN4S.C6H13NO.C2H6/c1-5-6-7-8-9-10-11-12-13-24-15(4)21-17-16(24)18(25-14(2)3)23-19(20)22-17;1-2-3-4-5-6(7)8;1-2/h14H,5-13H2,1-4H3;2-5H2,1H3,(H2,7,8);1-2H3. The summed E-state index contributed by atoms with van der Waals surface area (Å²) in [5.41, 5.74) is 6.66. The number of halogens is 1. The number of thioether (sulfide) groups is 1. The average Bonchev–Trinajstić information content (AvgIpc) is 3.11. The third kappa shape index (κ3) is 14.7. The van der Waals surface area contributed by atoms with E-state index in [2.05, 4.69) is 47.2 Å². The van der Waals surface area contributed by atoms with E-state index < -0.39 is 0 Å². The number of imidazole rings is 1. The van der Waals surface area contributed by atoms with Crippen molar-refractivity contribution in [1.82, 2.24) is 19.5 Å². The number of carbonyl (C=O) groups is 1. The average molecular weight is 528 g/mol. The van der Waals surface area contributed by atoms with E-state index in [1.54, 1.807) is 11.8 Å². The molecule has 0 spiro atoms. The van der Waals surface area contributed by atoms with Crippen molar-refractivity contribution in [2.24, 2.45) is 5.73 Å². The largest absolute Gasteiger partial charge is 0.370 e. The van der Waals surface area contributed by atoms with Crippen molar-refractivity contribution in [3.63, 3.8) is 0 Å². The second-order valence-corrected chi connectivity index (χ2v) is 10.7. The van der Waals surface area contributed by atoms with E-state index in [0.717, 1.165) is 47.8 Å². The molecule has 2 heterocycles. The zero-order valence-electron chi connectivity index (χ0n) is 23.3. The van der Waals surface area contributed by atoms with Crippen molar-refractivity contribution < 1.29 is 4.79 Å². The van der Waals surface area contributed by atoms with Crippen LogP contribution in [0.25, 0.3) is 11.2 Å². The van der Waals surface area contributed by atoms with Gasteiger partial charge in [0.1, 0.15) is 16.4 Å². The fourth-order valence-corrected chi connectivity index (χ4v) is 4.73. The number of amides is 1. The quantitative estimate of drug-likeness (QED) is 0.108.